The molecule has 7 nitrogen and oxygen atoms in total. The van der Waals surface area contributed by atoms with Gasteiger partial charge in [-0.05, 0) is 62.7 Å². The minimum Gasteiger partial charge on any atom is -0.497 e. The van der Waals surface area contributed by atoms with Gasteiger partial charge in [0.2, 0.25) is 0 Å². The van der Waals surface area contributed by atoms with Gasteiger partial charge in [-0.3, -0.25) is 9.59 Å². The first-order valence-electron chi connectivity index (χ1n) is 11.1. The van der Waals surface area contributed by atoms with Gasteiger partial charge in [-0.1, -0.05) is 18.2 Å². The average Bonchev–Trinajstić information content (AvgIpc) is 3.31. The van der Waals surface area contributed by atoms with Crippen molar-refractivity contribution in [2.24, 2.45) is 0 Å². The molecular weight excluding hydrogens is 432 g/mol. The highest BCUT2D eigenvalue weighted by Gasteiger charge is 2.35. The Morgan fingerprint density at radius 2 is 1.91 bits per heavy atom. The van der Waals surface area contributed by atoms with Gasteiger partial charge in [0.25, 0.3) is 11.8 Å². The van der Waals surface area contributed by atoms with Gasteiger partial charge in [0, 0.05) is 23.6 Å². The van der Waals surface area contributed by atoms with Crippen LogP contribution in [0.2, 0.25) is 0 Å². The monoisotopic (exact) mass is 460 g/mol. The summed E-state index contributed by atoms with van der Waals surface area (Å²) >= 11 is 0. The second-order valence-corrected chi connectivity index (χ2v) is 8.84. The SMILES string of the molecule is COc1ccc2c(c1)[C@H](NC(=O)/C(=C/c1ccco1)NC(=O)c1ccccc1C)CC(C)(C)O2. The van der Waals surface area contributed by atoms with Gasteiger partial charge in [-0.15, -0.1) is 0 Å². The number of amides is 2. The Kier molecular flexibility index (Phi) is 6.45. The predicted molar refractivity (Wildman–Crippen MR) is 129 cm³/mol. The quantitative estimate of drug-likeness (QED) is 0.517. The molecule has 176 valence electrons. The van der Waals surface area contributed by atoms with Crippen LogP contribution in [0.3, 0.4) is 0 Å². The third-order valence-corrected chi connectivity index (χ3v) is 5.69. The average molecular weight is 461 g/mol. The minimum absolute atomic E-state index is 0.0805. The first-order chi connectivity index (χ1) is 16.3. The lowest BCUT2D eigenvalue weighted by Gasteiger charge is -2.38. The van der Waals surface area contributed by atoms with Crippen LogP contribution in [0.1, 0.15) is 53.6 Å². The molecule has 1 aliphatic heterocycles. The second kappa shape index (κ2) is 9.47. The van der Waals surface area contributed by atoms with Crippen LogP contribution in [0, 0.1) is 6.92 Å². The number of rotatable bonds is 6. The maximum Gasteiger partial charge on any atom is 0.268 e. The van der Waals surface area contributed by atoms with Gasteiger partial charge in [-0.2, -0.15) is 0 Å². The van der Waals surface area contributed by atoms with E-state index >= 15 is 0 Å². The number of aryl methyl sites for hydroxylation is 1. The van der Waals surface area contributed by atoms with Gasteiger partial charge in [-0.25, -0.2) is 0 Å². The van der Waals surface area contributed by atoms with E-state index in [0.29, 0.717) is 29.2 Å². The van der Waals surface area contributed by atoms with E-state index in [9.17, 15) is 9.59 Å². The summed E-state index contributed by atoms with van der Waals surface area (Å²) in [5.74, 6) is 0.989. The number of carbonyl (C=O) groups excluding carboxylic acids is 2. The number of ether oxygens (including phenoxy) is 2. The molecule has 2 aromatic carbocycles. The summed E-state index contributed by atoms with van der Waals surface area (Å²) in [6.07, 6.45) is 3.56. The summed E-state index contributed by atoms with van der Waals surface area (Å²) in [5, 5.41) is 5.83. The van der Waals surface area contributed by atoms with Gasteiger partial charge in [0.15, 0.2) is 0 Å². The number of fused-ring (bicyclic) bond motifs is 1. The lowest BCUT2D eigenvalue weighted by molar-refractivity contribution is -0.119. The van der Waals surface area contributed by atoms with Crippen molar-refractivity contribution < 1.29 is 23.5 Å². The van der Waals surface area contributed by atoms with Crippen molar-refractivity contribution in [3.63, 3.8) is 0 Å². The molecule has 2 amide bonds. The molecule has 1 aliphatic rings. The fraction of sp³-hybridized carbons (Fsp3) is 0.259. The van der Waals surface area contributed by atoms with Crippen LogP contribution >= 0.6 is 0 Å². The Morgan fingerprint density at radius 3 is 2.62 bits per heavy atom. The van der Waals surface area contributed by atoms with E-state index in [1.165, 1.54) is 12.3 Å². The van der Waals surface area contributed by atoms with E-state index in [2.05, 4.69) is 10.6 Å². The number of hydrogen-bond donors (Lipinski definition) is 2. The highest BCUT2D eigenvalue weighted by molar-refractivity contribution is 6.05. The number of nitrogens with one attached hydrogen (secondary N) is 2. The number of benzene rings is 2. The van der Waals surface area contributed by atoms with E-state index < -0.39 is 11.5 Å². The van der Waals surface area contributed by atoms with Gasteiger partial charge in [0.1, 0.15) is 28.6 Å². The van der Waals surface area contributed by atoms with Crippen LogP contribution in [0.15, 0.2) is 71.0 Å². The van der Waals surface area contributed by atoms with Crippen LogP contribution in [0.4, 0.5) is 0 Å². The molecule has 0 saturated heterocycles. The molecule has 0 saturated carbocycles. The van der Waals surface area contributed by atoms with Crippen molar-refractivity contribution in [1.82, 2.24) is 10.6 Å². The summed E-state index contributed by atoms with van der Waals surface area (Å²) in [5.41, 5.74) is 1.70. The van der Waals surface area contributed by atoms with Crippen LogP contribution in [-0.2, 0) is 4.79 Å². The molecule has 1 atom stereocenters. The Morgan fingerprint density at radius 1 is 1.12 bits per heavy atom. The topological polar surface area (TPSA) is 89.8 Å². The molecule has 0 radical (unpaired) electrons. The van der Waals surface area contributed by atoms with E-state index in [1.54, 1.807) is 31.4 Å². The van der Waals surface area contributed by atoms with Gasteiger partial charge >= 0.3 is 0 Å². The predicted octanol–water partition coefficient (Wildman–Crippen LogP) is 4.79. The lowest BCUT2D eigenvalue weighted by Crippen LogP contribution is -2.43. The first-order valence-corrected chi connectivity index (χ1v) is 11.1. The molecule has 0 bridgehead atoms. The van der Waals surface area contributed by atoms with Crippen molar-refractivity contribution in [2.75, 3.05) is 7.11 Å². The van der Waals surface area contributed by atoms with Crippen LogP contribution in [-0.4, -0.2) is 24.5 Å². The molecule has 4 rings (SSSR count). The summed E-state index contributed by atoms with van der Waals surface area (Å²) in [6, 6.07) is 15.8. The zero-order valence-corrected chi connectivity index (χ0v) is 19.7. The summed E-state index contributed by atoms with van der Waals surface area (Å²) < 4.78 is 16.9. The lowest BCUT2D eigenvalue weighted by atomic mass is 9.89. The van der Waals surface area contributed by atoms with Gasteiger partial charge < -0.3 is 24.5 Å². The van der Waals surface area contributed by atoms with E-state index in [4.69, 9.17) is 13.9 Å². The van der Waals surface area contributed by atoms with Crippen LogP contribution in [0.5, 0.6) is 11.5 Å². The second-order valence-electron chi connectivity index (χ2n) is 8.84. The zero-order valence-electron chi connectivity index (χ0n) is 19.7. The Bertz CT molecular complexity index is 1230. The first kappa shape index (κ1) is 23.2. The molecule has 34 heavy (non-hydrogen) atoms. The van der Waals surface area contributed by atoms with Crippen molar-refractivity contribution in [2.45, 2.75) is 38.8 Å². The van der Waals surface area contributed by atoms with E-state index in [0.717, 1.165) is 11.1 Å². The fourth-order valence-electron chi connectivity index (χ4n) is 4.02. The molecule has 0 unspecified atom stereocenters. The standard InChI is InChI=1S/C27H28N2O5/c1-17-8-5-6-10-20(17)25(30)28-22(15-19-9-7-13-33-19)26(31)29-23-16-27(2,3)34-24-12-11-18(32-4)14-21(23)24/h5-15,23H,16H2,1-4H3,(H,28,30)(H,29,31)/b22-15-/t23-/m1/s1. The van der Waals surface area contributed by atoms with Crippen molar-refractivity contribution in [3.05, 3.63) is 89.0 Å². The van der Waals surface area contributed by atoms with Crippen molar-refractivity contribution >= 4 is 17.9 Å². The minimum atomic E-state index is -0.491. The Labute approximate surface area is 198 Å². The molecule has 0 aliphatic carbocycles. The number of carbonyl (C=O) groups is 2. The van der Waals surface area contributed by atoms with E-state index in [-0.39, 0.29) is 17.6 Å². The maximum atomic E-state index is 13.5. The van der Waals surface area contributed by atoms with Crippen LogP contribution in [0.25, 0.3) is 6.08 Å². The molecule has 2 heterocycles. The molecular formula is C27H28N2O5. The fourth-order valence-corrected chi connectivity index (χ4v) is 4.02. The molecule has 7 heteroatoms. The molecule has 3 aromatic rings. The summed E-state index contributed by atoms with van der Waals surface area (Å²) in [6.45, 7) is 5.79. The summed E-state index contributed by atoms with van der Waals surface area (Å²) in [4.78, 5) is 26.4. The van der Waals surface area contributed by atoms with Crippen molar-refractivity contribution in [1.29, 1.82) is 0 Å². The molecule has 2 N–H and O–H groups in total. The zero-order chi connectivity index (χ0) is 24.3. The highest BCUT2D eigenvalue weighted by atomic mass is 16.5. The maximum absolute atomic E-state index is 13.5. The third-order valence-electron chi connectivity index (χ3n) is 5.69. The van der Waals surface area contributed by atoms with E-state index in [1.807, 2.05) is 51.1 Å². The number of furan rings is 1. The smallest absolute Gasteiger partial charge is 0.268 e. The third kappa shape index (κ3) is 5.14. The molecule has 1 aromatic heterocycles. The van der Waals surface area contributed by atoms with Crippen LogP contribution < -0.4 is 20.1 Å². The van der Waals surface area contributed by atoms with Crippen molar-refractivity contribution in [3.8, 4) is 11.5 Å². The number of hydrogen-bond acceptors (Lipinski definition) is 5. The Balaban J connectivity index is 1.64. The molecule has 0 spiro atoms. The normalized spacial score (nSPS) is 16.7. The largest absolute Gasteiger partial charge is 0.497 e. The number of methoxy groups -OCH3 is 1. The summed E-state index contributed by atoms with van der Waals surface area (Å²) in [7, 11) is 1.59. The van der Waals surface area contributed by atoms with Gasteiger partial charge in [0.05, 0.1) is 19.4 Å². The Hall–Kier alpha value is -4.00. The molecule has 0 fully saturated rings. The highest BCUT2D eigenvalue weighted by Crippen LogP contribution is 2.41.